The molecule has 0 bridgehead atoms. The van der Waals surface area contributed by atoms with Crippen LogP contribution in [0.15, 0.2) is 28.9 Å². The van der Waals surface area contributed by atoms with Gasteiger partial charge < -0.3 is 0 Å². The van der Waals surface area contributed by atoms with Gasteiger partial charge in [-0.25, -0.2) is 8.78 Å². The molecule has 2 aromatic rings. The van der Waals surface area contributed by atoms with Crippen LogP contribution < -0.4 is 0 Å². The van der Waals surface area contributed by atoms with Gasteiger partial charge in [0.1, 0.15) is 15.3 Å². The maximum absolute atomic E-state index is 13.6. The number of hydrogen-bond acceptors (Lipinski definition) is 1. The summed E-state index contributed by atoms with van der Waals surface area (Å²) >= 11 is 5.06. The summed E-state index contributed by atoms with van der Waals surface area (Å²) in [6, 6.07) is 4.35. The van der Waals surface area contributed by atoms with E-state index in [2.05, 4.69) is 21.0 Å². The third-order valence-electron chi connectivity index (χ3n) is 2.07. The standard InChI is InChI=1S/C10H6BrF2IN2/c11-7-1-2-8(12)6(10(7)13)5-16-4-3-9(14)15-16/h1-4H,5H2. The van der Waals surface area contributed by atoms with Gasteiger partial charge in [0.05, 0.1) is 11.0 Å². The van der Waals surface area contributed by atoms with Gasteiger partial charge in [-0.15, -0.1) is 0 Å². The lowest BCUT2D eigenvalue weighted by atomic mass is 10.2. The Kier molecular flexibility index (Phi) is 3.58. The van der Waals surface area contributed by atoms with Gasteiger partial charge in [-0.05, 0) is 56.7 Å². The van der Waals surface area contributed by atoms with Crippen molar-refractivity contribution < 1.29 is 8.78 Å². The van der Waals surface area contributed by atoms with Crippen molar-refractivity contribution in [3.8, 4) is 0 Å². The predicted octanol–water partition coefficient (Wildman–Crippen LogP) is 3.58. The molecule has 0 aliphatic carbocycles. The van der Waals surface area contributed by atoms with Gasteiger partial charge in [0.25, 0.3) is 0 Å². The van der Waals surface area contributed by atoms with Crippen molar-refractivity contribution in [3.63, 3.8) is 0 Å². The van der Waals surface area contributed by atoms with Crippen molar-refractivity contribution in [2.45, 2.75) is 6.54 Å². The van der Waals surface area contributed by atoms with Gasteiger partial charge in [0, 0.05) is 11.8 Å². The maximum atomic E-state index is 13.6. The summed E-state index contributed by atoms with van der Waals surface area (Å²) < 4.78 is 29.6. The number of hydrogen-bond donors (Lipinski definition) is 0. The van der Waals surface area contributed by atoms with E-state index in [1.54, 1.807) is 12.3 Å². The van der Waals surface area contributed by atoms with Crippen molar-refractivity contribution in [1.29, 1.82) is 0 Å². The molecule has 0 aliphatic heterocycles. The molecule has 2 rings (SSSR count). The summed E-state index contributed by atoms with van der Waals surface area (Å²) in [5.74, 6) is -1.14. The first-order valence-corrected chi connectivity index (χ1v) is 6.26. The van der Waals surface area contributed by atoms with Crippen LogP contribution in [-0.2, 0) is 6.54 Å². The van der Waals surface area contributed by atoms with Crippen molar-refractivity contribution in [1.82, 2.24) is 9.78 Å². The van der Waals surface area contributed by atoms with Crippen LogP contribution in [0.5, 0.6) is 0 Å². The van der Waals surface area contributed by atoms with Crippen LogP contribution in [0.1, 0.15) is 5.56 Å². The Morgan fingerprint density at radius 1 is 1.31 bits per heavy atom. The topological polar surface area (TPSA) is 17.8 Å². The van der Waals surface area contributed by atoms with Gasteiger partial charge in [-0.3, -0.25) is 4.68 Å². The SMILES string of the molecule is Fc1ccc(Br)c(F)c1Cn1ccc(I)n1. The fourth-order valence-corrected chi connectivity index (χ4v) is 2.11. The number of rotatable bonds is 2. The van der Waals surface area contributed by atoms with E-state index in [1.165, 1.54) is 16.8 Å². The highest BCUT2D eigenvalue weighted by Crippen LogP contribution is 2.22. The van der Waals surface area contributed by atoms with E-state index < -0.39 is 11.6 Å². The summed E-state index contributed by atoms with van der Waals surface area (Å²) in [6.07, 6.45) is 1.68. The molecule has 1 aromatic heterocycles. The first kappa shape index (κ1) is 12.0. The lowest BCUT2D eigenvalue weighted by molar-refractivity contribution is 0.528. The zero-order valence-corrected chi connectivity index (χ0v) is 11.7. The molecule has 1 aromatic carbocycles. The molecule has 0 fully saturated rings. The van der Waals surface area contributed by atoms with Gasteiger partial charge >= 0.3 is 0 Å². The highest BCUT2D eigenvalue weighted by Gasteiger charge is 2.13. The second-order valence-corrected chi connectivity index (χ2v) is 5.12. The van der Waals surface area contributed by atoms with Crippen molar-refractivity contribution >= 4 is 38.5 Å². The lowest BCUT2D eigenvalue weighted by Gasteiger charge is -2.06. The molecule has 16 heavy (non-hydrogen) atoms. The number of benzene rings is 1. The summed E-state index contributed by atoms with van der Waals surface area (Å²) in [6.45, 7) is 0.0834. The normalized spacial score (nSPS) is 10.8. The predicted molar refractivity (Wildman–Crippen MR) is 68.1 cm³/mol. The first-order valence-electron chi connectivity index (χ1n) is 4.39. The lowest BCUT2D eigenvalue weighted by Crippen LogP contribution is -2.05. The zero-order valence-electron chi connectivity index (χ0n) is 7.92. The Balaban J connectivity index is 2.37. The highest BCUT2D eigenvalue weighted by atomic mass is 127. The molecule has 0 unspecified atom stereocenters. The summed E-state index contributed by atoms with van der Waals surface area (Å²) in [4.78, 5) is 0. The third kappa shape index (κ3) is 2.42. The molecule has 0 aliphatic rings. The van der Waals surface area contributed by atoms with Crippen molar-refractivity contribution in [2.24, 2.45) is 0 Å². The van der Waals surface area contributed by atoms with Crippen LogP contribution in [0.4, 0.5) is 8.78 Å². The second-order valence-electron chi connectivity index (χ2n) is 3.16. The van der Waals surface area contributed by atoms with E-state index >= 15 is 0 Å². The van der Waals surface area contributed by atoms with Gasteiger partial charge in [-0.2, -0.15) is 5.10 Å². The fourth-order valence-electron chi connectivity index (χ4n) is 1.30. The first-order chi connectivity index (χ1) is 7.58. The van der Waals surface area contributed by atoms with E-state index in [-0.39, 0.29) is 16.6 Å². The molecule has 2 nitrogen and oxygen atoms in total. The molecule has 84 valence electrons. The Morgan fingerprint density at radius 3 is 2.69 bits per heavy atom. The van der Waals surface area contributed by atoms with E-state index in [0.717, 1.165) is 3.70 Å². The summed E-state index contributed by atoms with van der Waals surface area (Å²) in [5.41, 5.74) is 0.00822. The van der Waals surface area contributed by atoms with Crippen molar-refractivity contribution in [2.75, 3.05) is 0 Å². The van der Waals surface area contributed by atoms with Gasteiger partial charge in [0.15, 0.2) is 0 Å². The smallest absolute Gasteiger partial charge is 0.145 e. The molecule has 0 atom stereocenters. The minimum Gasteiger partial charge on any atom is -0.267 e. The third-order valence-corrected chi connectivity index (χ3v) is 3.25. The number of nitrogens with zero attached hydrogens (tertiary/aromatic N) is 2. The number of halogens is 4. The highest BCUT2D eigenvalue weighted by molar-refractivity contribution is 14.1. The summed E-state index contributed by atoms with van der Waals surface area (Å²) in [7, 11) is 0. The van der Waals surface area contributed by atoms with Crippen LogP contribution in [0.25, 0.3) is 0 Å². The Morgan fingerprint density at radius 2 is 2.06 bits per heavy atom. The molecular weight excluding hydrogens is 393 g/mol. The number of aromatic nitrogens is 2. The molecule has 6 heteroatoms. The van der Waals surface area contributed by atoms with E-state index in [9.17, 15) is 8.78 Å². The van der Waals surface area contributed by atoms with Crippen LogP contribution in [0, 0.1) is 15.3 Å². The largest absolute Gasteiger partial charge is 0.267 e. The van der Waals surface area contributed by atoms with Crippen molar-refractivity contribution in [3.05, 3.63) is 49.8 Å². The average Bonchev–Trinajstić information content (AvgIpc) is 2.65. The minimum atomic E-state index is -0.578. The quantitative estimate of drug-likeness (QED) is 0.558. The van der Waals surface area contributed by atoms with Crippen LogP contribution in [-0.4, -0.2) is 9.78 Å². The molecule has 0 amide bonds. The van der Waals surface area contributed by atoms with E-state index in [4.69, 9.17) is 0 Å². The Bertz CT molecular complexity index is 528. The Hall–Kier alpha value is -0.500. The average molecular weight is 399 g/mol. The van der Waals surface area contributed by atoms with E-state index in [1.807, 2.05) is 22.6 Å². The van der Waals surface area contributed by atoms with Gasteiger partial charge in [0.2, 0.25) is 0 Å². The van der Waals surface area contributed by atoms with Crippen LogP contribution >= 0.6 is 38.5 Å². The molecule has 0 spiro atoms. The monoisotopic (exact) mass is 398 g/mol. The molecular formula is C10H6BrF2IN2. The van der Waals surface area contributed by atoms with Crippen LogP contribution in [0.2, 0.25) is 0 Å². The second kappa shape index (κ2) is 4.79. The fraction of sp³-hybridized carbons (Fsp3) is 0.100. The Labute approximate surface area is 113 Å². The maximum Gasteiger partial charge on any atom is 0.145 e. The van der Waals surface area contributed by atoms with E-state index in [0.29, 0.717) is 0 Å². The molecule has 0 N–H and O–H groups in total. The molecule has 0 saturated heterocycles. The molecule has 1 heterocycles. The van der Waals surface area contributed by atoms with Gasteiger partial charge in [-0.1, -0.05) is 0 Å². The summed E-state index contributed by atoms with van der Waals surface area (Å²) in [5, 5.41) is 4.07. The minimum absolute atomic E-state index is 0.00822. The zero-order chi connectivity index (χ0) is 11.7. The van der Waals surface area contributed by atoms with Crippen LogP contribution in [0.3, 0.4) is 0 Å². The molecule has 0 saturated carbocycles. The molecule has 0 radical (unpaired) electrons.